The third-order valence-corrected chi connectivity index (χ3v) is 6.04. The van der Waals surface area contributed by atoms with E-state index in [0.29, 0.717) is 18.7 Å². The van der Waals surface area contributed by atoms with E-state index >= 15 is 0 Å². The second-order valence-corrected chi connectivity index (χ2v) is 8.51. The molecule has 8 heteroatoms. The van der Waals surface area contributed by atoms with Gasteiger partial charge in [-0.25, -0.2) is 4.39 Å². The smallest absolute Gasteiger partial charge is 0.236 e. The number of nitrogens with two attached hydrogens (primary N) is 1. The molecule has 0 spiro atoms. The normalized spacial score (nSPS) is 20.1. The van der Waals surface area contributed by atoms with E-state index in [-0.39, 0.29) is 37.2 Å². The van der Waals surface area contributed by atoms with Crippen molar-refractivity contribution in [1.82, 2.24) is 4.90 Å². The van der Waals surface area contributed by atoms with Crippen LogP contribution in [0, 0.1) is 17.2 Å². The van der Waals surface area contributed by atoms with E-state index in [1.807, 2.05) is 36.4 Å². The number of anilines is 1. The van der Waals surface area contributed by atoms with E-state index in [0.717, 1.165) is 35.2 Å². The summed E-state index contributed by atoms with van der Waals surface area (Å²) < 4.78 is 20.7. The van der Waals surface area contributed by atoms with E-state index in [1.54, 1.807) is 12.1 Å². The minimum atomic E-state index is -1.35. The lowest BCUT2D eigenvalue weighted by Crippen LogP contribution is -2.49. The van der Waals surface area contributed by atoms with Crippen LogP contribution in [0.15, 0.2) is 42.5 Å². The molecule has 33 heavy (non-hydrogen) atoms. The predicted octanol–water partition coefficient (Wildman–Crippen LogP) is 3.39. The summed E-state index contributed by atoms with van der Waals surface area (Å²) in [5, 5.41) is 11.6. The van der Waals surface area contributed by atoms with Crippen molar-refractivity contribution in [2.24, 2.45) is 11.7 Å². The maximum Gasteiger partial charge on any atom is 0.236 e. The van der Waals surface area contributed by atoms with Gasteiger partial charge in [-0.1, -0.05) is 18.2 Å². The highest BCUT2D eigenvalue weighted by Crippen LogP contribution is 2.32. The topological polar surface area (TPSA) is 108 Å². The molecule has 2 aliphatic rings. The highest BCUT2D eigenvalue weighted by molar-refractivity contribution is 5.94. The molecule has 2 amide bonds. The van der Waals surface area contributed by atoms with E-state index in [9.17, 15) is 14.0 Å². The second-order valence-electron chi connectivity index (χ2n) is 8.51. The second kappa shape index (κ2) is 10.0. The summed E-state index contributed by atoms with van der Waals surface area (Å²) in [5.41, 5.74) is 9.29. The number of amides is 2. The van der Waals surface area contributed by atoms with Crippen molar-refractivity contribution in [3.05, 3.63) is 48.0 Å². The molecule has 1 aliphatic heterocycles. The van der Waals surface area contributed by atoms with Crippen LogP contribution in [0.1, 0.15) is 31.2 Å². The van der Waals surface area contributed by atoms with Gasteiger partial charge in [-0.15, -0.1) is 0 Å². The van der Waals surface area contributed by atoms with Crippen molar-refractivity contribution in [2.45, 2.75) is 44.5 Å². The maximum atomic E-state index is 14.7. The quantitative estimate of drug-likeness (QED) is 0.672. The summed E-state index contributed by atoms with van der Waals surface area (Å²) in [6, 6.07) is 15.0. The van der Waals surface area contributed by atoms with Crippen LogP contribution in [-0.2, 0) is 16.1 Å². The molecule has 1 heterocycles. The van der Waals surface area contributed by atoms with E-state index < -0.39 is 12.3 Å². The highest BCUT2D eigenvalue weighted by atomic mass is 19.1. The fraction of sp³-hybridized carbons (Fsp3) is 0.400. The number of hydrogen-bond acceptors (Lipinski definition) is 5. The third-order valence-electron chi connectivity index (χ3n) is 6.04. The van der Waals surface area contributed by atoms with Gasteiger partial charge in [-0.3, -0.25) is 9.59 Å². The van der Waals surface area contributed by atoms with Crippen LogP contribution in [-0.4, -0.2) is 42.1 Å². The van der Waals surface area contributed by atoms with E-state index in [1.165, 1.54) is 4.90 Å². The largest absolute Gasteiger partial charge is 0.487 e. The van der Waals surface area contributed by atoms with Crippen LogP contribution in [0.3, 0.4) is 0 Å². The Kier molecular flexibility index (Phi) is 6.90. The highest BCUT2D eigenvalue weighted by Gasteiger charge is 2.33. The van der Waals surface area contributed by atoms with Crippen LogP contribution in [0.5, 0.6) is 5.75 Å². The zero-order chi connectivity index (χ0) is 23.4. The number of benzene rings is 2. The molecule has 2 aromatic rings. The van der Waals surface area contributed by atoms with Crippen LogP contribution in [0.25, 0.3) is 11.1 Å². The summed E-state index contributed by atoms with van der Waals surface area (Å²) in [5.74, 6) is 0.342. The number of nitriles is 1. The number of halogens is 1. The monoisotopic (exact) mass is 450 g/mol. The summed E-state index contributed by atoms with van der Waals surface area (Å²) >= 11 is 0. The van der Waals surface area contributed by atoms with Gasteiger partial charge in [0.15, 0.2) is 6.17 Å². The number of piperidine rings is 1. The molecule has 3 N–H and O–H groups in total. The molecule has 0 unspecified atom stereocenters. The maximum absolute atomic E-state index is 14.7. The zero-order valence-corrected chi connectivity index (χ0v) is 18.3. The molecule has 1 aliphatic carbocycles. The Labute approximate surface area is 192 Å². The summed E-state index contributed by atoms with van der Waals surface area (Å²) in [7, 11) is 0. The minimum absolute atomic E-state index is 0.0553. The molecule has 4 rings (SSSR count). The van der Waals surface area contributed by atoms with Crippen molar-refractivity contribution < 1.29 is 18.7 Å². The number of ether oxygens (including phenoxy) is 1. The van der Waals surface area contributed by atoms with Gasteiger partial charge in [-0.05, 0) is 48.2 Å². The Morgan fingerprint density at radius 3 is 2.67 bits per heavy atom. The Balaban J connectivity index is 1.45. The molecule has 1 saturated carbocycles. The number of hydrogen-bond donors (Lipinski definition) is 2. The zero-order valence-electron chi connectivity index (χ0n) is 18.3. The fourth-order valence-corrected chi connectivity index (χ4v) is 3.98. The van der Waals surface area contributed by atoms with Gasteiger partial charge in [0.05, 0.1) is 12.6 Å². The number of nitrogens with one attached hydrogen (secondary N) is 1. The first-order valence-corrected chi connectivity index (χ1v) is 11.2. The van der Waals surface area contributed by atoms with E-state index in [4.69, 9.17) is 15.7 Å². The molecular formula is C25H27FN4O3. The van der Waals surface area contributed by atoms with Gasteiger partial charge in [0.25, 0.3) is 0 Å². The standard InChI is InChI=1S/C25H27FN4O3/c26-21-15-30(24(31)8-10-27)11-9-23(21)33-22-7-6-18(12-19(22)14-28)17-2-1-3-20(13-17)29-25(32)16-4-5-16/h1-3,6-7,12-13,16,21,23H,4-5,8-9,11,14-15,28H2,(H,29,32)/t21-,23+/m1/s1. The van der Waals surface area contributed by atoms with Gasteiger partial charge < -0.3 is 20.7 Å². The van der Waals surface area contributed by atoms with Gasteiger partial charge >= 0.3 is 0 Å². The van der Waals surface area contributed by atoms with Crippen molar-refractivity contribution in [2.75, 3.05) is 18.4 Å². The van der Waals surface area contributed by atoms with Gasteiger partial charge in [0.1, 0.15) is 18.3 Å². The summed E-state index contributed by atoms with van der Waals surface area (Å²) in [4.78, 5) is 25.3. The van der Waals surface area contributed by atoms with Crippen molar-refractivity contribution >= 4 is 17.5 Å². The molecule has 1 saturated heterocycles. The number of alkyl halides is 1. The van der Waals surface area contributed by atoms with Crippen molar-refractivity contribution in [1.29, 1.82) is 5.26 Å². The summed E-state index contributed by atoms with van der Waals surface area (Å²) in [6.45, 7) is 0.485. The Morgan fingerprint density at radius 2 is 1.97 bits per heavy atom. The number of carbonyl (C=O) groups is 2. The number of nitrogens with zero attached hydrogens (tertiary/aromatic N) is 2. The first-order chi connectivity index (χ1) is 16.0. The average Bonchev–Trinajstić information content (AvgIpc) is 3.66. The number of rotatable bonds is 7. The number of carbonyl (C=O) groups excluding carboxylic acids is 2. The minimum Gasteiger partial charge on any atom is -0.487 e. The lowest BCUT2D eigenvalue weighted by Gasteiger charge is -2.34. The van der Waals surface area contributed by atoms with Crippen molar-refractivity contribution in [3.63, 3.8) is 0 Å². The Hall–Kier alpha value is -3.44. The van der Waals surface area contributed by atoms with Crippen LogP contribution in [0.2, 0.25) is 0 Å². The third kappa shape index (κ3) is 5.49. The summed E-state index contributed by atoms with van der Waals surface area (Å²) in [6.07, 6.45) is -0.0504. The molecule has 2 fully saturated rings. The molecule has 2 aromatic carbocycles. The van der Waals surface area contributed by atoms with Gasteiger partial charge in [-0.2, -0.15) is 5.26 Å². The lowest BCUT2D eigenvalue weighted by molar-refractivity contribution is -0.134. The van der Waals surface area contributed by atoms with Crippen LogP contribution in [0.4, 0.5) is 10.1 Å². The Morgan fingerprint density at radius 1 is 1.18 bits per heavy atom. The van der Waals surface area contributed by atoms with Crippen LogP contribution >= 0.6 is 0 Å². The molecule has 0 bridgehead atoms. The molecular weight excluding hydrogens is 423 g/mol. The number of likely N-dealkylation sites (tertiary alicyclic amines) is 1. The lowest BCUT2D eigenvalue weighted by atomic mass is 10.0. The Bertz CT molecular complexity index is 1080. The van der Waals surface area contributed by atoms with E-state index in [2.05, 4.69) is 5.32 Å². The average molecular weight is 451 g/mol. The molecule has 172 valence electrons. The van der Waals surface area contributed by atoms with Gasteiger partial charge in [0, 0.05) is 36.7 Å². The van der Waals surface area contributed by atoms with Crippen LogP contribution < -0.4 is 15.8 Å². The first kappa shape index (κ1) is 22.7. The fourth-order valence-electron chi connectivity index (χ4n) is 3.98. The first-order valence-electron chi connectivity index (χ1n) is 11.2. The molecule has 0 radical (unpaired) electrons. The predicted molar refractivity (Wildman–Crippen MR) is 122 cm³/mol. The molecule has 7 nitrogen and oxygen atoms in total. The van der Waals surface area contributed by atoms with Crippen molar-refractivity contribution in [3.8, 4) is 22.9 Å². The molecule has 0 aromatic heterocycles. The SMILES string of the molecule is N#CCC(=O)N1CC[C@H](Oc2ccc(-c3cccc(NC(=O)C4CC4)c3)cc2CN)[C@H](F)C1. The van der Waals surface area contributed by atoms with Gasteiger partial charge in [0.2, 0.25) is 11.8 Å². The molecule has 2 atom stereocenters.